The first-order valence-corrected chi connectivity index (χ1v) is 6.97. The maximum Gasteiger partial charge on any atom is 0.355 e. The number of rotatable bonds is 3. The fourth-order valence-corrected chi connectivity index (χ4v) is 2.68. The number of hydrogen-bond acceptors (Lipinski definition) is 8. The van der Waals surface area contributed by atoms with Crippen molar-refractivity contribution in [2.24, 2.45) is 11.0 Å². The molecule has 2 aliphatic rings. The molecule has 0 aliphatic carbocycles. The topological polar surface area (TPSA) is 114 Å². The summed E-state index contributed by atoms with van der Waals surface area (Å²) in [5.41, 5.74) is 2.95. The maximum absolute atomic E-state index is 12.6. The van der Waals surface area contributed by atoms with Crippen molar-refractivity contribution in [1.29, 1.82) is 0 Å². The van der Waals surface area contributed by atoms with Crippen molar-refractivity contribution in [2.45, 2.75) is 6.04 Å². The van der Waals surface area contributed by atoms with E-state index in [1.54, 1.807) is 0 Å². The molecule has 124 valence electrons. The molecule has 1 fully saturated rings. The SMILES string of the molecule is COC(=O)C1=NN[C@@H]2C(=O)N(c3ccc(C(=O)OC)cc3)C(=O)[C@H]12. The Morgan fingerprint density at radius 2 is 1.67 bits per heavy atom. The number of methoxy groups -OCH3 is 2. The Morgan fingerprint density at radius 1 is 1.04 bits per heavy atom. The summed E-state index contributed by atoms with van der Waals surface area (Å²) in [5, 5.41) is 3.73. The molecule has 0 saturated carbocycles. The molecular formula is C15H13N3O6. The van der Waals surface area contributed by atoms with Crippen LogP contribution < -0.4 is 10.3 Å². The van der Waals surface area contributed by atoms with Crippen LogP contribution in [-0.2, 0) is 23.9 Å². The third-order valence-electron chi connectivity index (χ3n) is 3.87. The highest BCUT2D eigenvalue weighted by Crippen LogP contribution is 2.30. The van der Waals surface area contributed by atoms with Gasteiger partial charge in [-0.2, -0.15) is 5.10 Å². The van der Waals surface area contributed by atoms with Gasteiger partial charge in [-0.3, -0.25) is 15.0 Å². The van der Waals surface area contributed by atoms with Crippen LogP contribution in [0.3, 0.4) is 0 Å². The van der Waals surface area contributed by atoms with Gasteiger partial charge in [0.1, 0.15) is 12.0 Å². The molecular weight excluding hydrogens is 318 g/mol. The van der Waals surface area contributed by atoms with E-state index in [0.29, 0.717) is 0 Å². The van der Waals surface area contributed by atoms with Gasteiger partial charge in [-0.15, -0.1) is 0 Å². The van der Waals surface area contributed by atoms with Gasteiger partial charge < -0.3 is 9.47 Å². The highest BCUT2D eigenvalue weighted by molar-refractivity contribution is 6.46. The number of imide groups is 1. The molecule has 1 aromatic carbocycles. The van der Waals surface area contributed by atoms with Gasteiger partial charge >= 0.3 is 11.9 Å². The van der Waals surface area contributed by atoms with E-state index in [0.717, 1.165) is 4.90 Å². The normalized spacial score (nSPS) is 21.9. The molecule has 2 amide bonds. The largest absolute Gasteiger partial charge is 0.465 e. The molecule has 0 unspecified atom stereocenters. The van der Waals surface area contributed by atoms with Crippen LogP contribution in [0.1, 0.15) is 10.4 Å². The molecule has 9 nitrogen and oxygen atoms in total. The lowest BCUT2D eigenvalue weighted by atomic mass is 9.99. The number of hydrazone groups is 1. The quantitative estimate of drug-likeness (QED) is 0.584. The molecule has 1 N–H and O–H groups in total. The van der Waals surface area contributed by atoms with Gasteiger partial charge in [0.15, 0.2) is 5.71 Å². The summed E-state index contributed by atoms with van der Waals surface area (Å²) in [7, 11) is 2.42. The third-order valence-corrected chi connectivity index (χ3v) is 3.87. The Hall–Kier alpha value is -3.23. The Morgan fingerprint density at radius 3 is 2.25 bits per heavy atom. The predicted octanol–water partition coefficient (Wildman–Crippen LogP) is -0.537. The molecule has 9 heteroatoms. The van der Waals surface area contributed by atoms with E-state index < -0.39 is 35.7 Å². The van der Waals surface area contributed by atoms with Gasteiger partial charge in [0.2, 0.25) is 5.91 Å². The third kappa shape index (κ3) is 2.21. The average molecular weight is 331 g/mol. The standard InChI is InChI=1S/C15H13N3O6/c1-23-14(21)7-3-5-8(6-4-7)18-12(19)9-10(13(18)20)16-17-11(9)15(22)24-2/h3-6,9-10,16H,1-2H3/t9-,10-/m0/s1. The minimum absolute atomic E-state index is 0.130. The second-order valence-electron chi connectivity index (χ2n) is 5.12. The van der Waals surface area contributed by atoms with E-state index in [1.807, 2.05) is 0 Å². The van der Waals surface area contributed by atoms with Crippen molar-refractivity contribution >= 4 is 35.2 Å². The number of nitrogens with zero attached hydrogens (tertiary/aromatic N) is 2. The summed E-state index contributed by atoms with van der Waals surface area (Å²) in [6, 6.07) is 4.86. The zero-order chi connectivity index (χ0) is 17.4. The molecule has 0 aromatic heterocycles. The second-order valence-corrected chi connectivity index (χ2v) is 5.12. The van der Waals surface area contributed by atoms with Crippen LogP contribution in [0.2, 0.25) is 0 Å². The summed E-state index contributed by atoms with van der Waals surface area (Å²) in [6.45, 7) is 0. The lowest BCUT2D eigenvalue weighted by Crippen LogP contribution is -2.36. The summed E-state index contributed by atoms with van der Waals surface area (Å²) in [4.78, 5) is 49.1. The number of anilines is 1. The zero-order valence-corrected chi connectivity index (χ0v) is 12.8. The molecule has 2 heterocycles. The van der Waals surface area contributed by atoms with Crippen LogP contribution in [0.25, 0.3) is 0 Å². The highest BCUT2D eigenvalue weighted by atomic mass is 16.5. The summed E-state index contributed by atoms with van der Waals surface area (Å²) in [6.07, 6.45) is 0. The molecule has 2 atom stereocenters. The fraction of sp³-hybridized carbons (Fsp3) is 0.267. The molecule has 0 radical (unpaired) electrons. The molecule has 1 aromatic rings. The number of amides is 2. The number of carbonyl (C=O) groups is 4. The van der Waals surface area contributed by atoms with E-state index in [2.05, 4.69) is 20.0 Å². The summed E-state index contributed by atoms with van der Waals surface area (Å²) in [5.74, 6) is -3.42. The van der Waals surface area contributed by atoms with Gasteiger partial charge in [-0.25, -0.2) is 14.5 Å². The van der Waals surface area contributed by atoms with Crippen molar-refractivity contribution in [1.82, 2.24) is 5.43 Å². The lowest BCUT2D eigenvalue weighted by Gasteiger charge is -2.15. The maximum atomic E-state index is 12.6. The van der Waals surface area contributed by atoms with Crippen LogP contribution in [0.5, 0.6) is 0 Å². The molecule has 1 saturated heterocycles. The zero-order valence-electron chi connectivity index (χ0n) is 12.8. The number of fused-ring (bicyclic) bond motifs is 1. The number of esters is 2. The van der Waals surface area contributed by atoms with Crippen molar-refractivity contribution < 1.29 is 28.7 Å². The van der Waals surface area contributed by atoms with Gasteiger partial charge in [0.05, 0.1) is 25.5 Å². The van der Waals surface area contributed by atoms with Gasteiger partial charge in [0.25, 0.3) is 5.91 Å². The van der Waals surface area contributed by atoms with Crippen molar-refractivity contribution in [3.8, 4) is 0 Å². The Kier molecular flexibility index (Phi) is 3.76. The summed E-state index contributed by atoms with van der Waals surface area (Å²) < 4.78 is 9.17. The van der Waals surface area contributed by atoms with E-state index >= 15 is 0 Å². The van der Waals surface area contributed by atoms with E-state index in [1.165, 1.54) is 38.5 Å². The number of nitrogens with one attached hydrogen (secondary N) is 1. The molecule has 2 aliphatic heterocycles. The van der Waals surface area contributed by atoms with Crippen LogP contribution in [-0.4, -0.2) is 49.7 Å². The number of benzene rings is 1. The fourth-order valence-electron chi connectivity index (χ4n) is 2.68. The highest BCUT2D eigenvalue weighted by Gasteiger charge is 2.55. The summed E-state index contributed by atoms with van der Waals surface area (Å²) >= 11 is 0. The first-order chi connectivity index (χ1) is 11.5. The molecule has 24 heavy (non-hydrogen) atoms. The number of ether oxygens (including phenoxy) is 2. The van der Waals surface area contributed by atoms with Crippen LogP contribution >= 0.6 is 0 Å². The van der Waals surface area contributed by atoms with E-state index in [-0.39, 0.29) is 17.0 Å². The number of hydrogen-bond donors (Lipinski definition) is 1. The minimum Gasteiger partial charge on any atom is -0.465 e. The van der Waals surface area contributed by atoms with Gasteiger partial charge in [-0.05, 0) is 24.3 Å². The Balaban J connectivity index is 1.89. The van der Waals surface area contributed by atoms with Crippen LogP contribution in [0.4, 0.5) is 5.69 Å². The second kappa shape index (κ2) is 5.76. The van der Waals surface area contributed by atoms with Crippen molar-refractivity contribution in [3.05, 3.63) is 29.8 Å². The first-order valence-electron chi connectivity index (χ1n) is 6.97. The predicted molar refractivity (Wildman–Crippen MR) is 80.1 cm³/mol. The monoisotopic (exact) mass is 331 g/mol. The minimum atomic E-state index is -1.02. The Labute approximate surface area is 136 Å². The van der Waals surface area contributed by atoms with E-state index in [9.17, 15) is 19.2 Å². The molecule has 0 spiro atoms. The molecule has 3 rings (SSSR count). The average Bonchev–Trinajstić information content (AvgIpc) is 3.14. The Bertz CT molecular complexity index is 770. The first kappa shape index (κ1) is 15.7. The van der Waals surface area contributed by atoms with Crippen LogP contribution in [0, 0.1) is 5.92 Å². The van der Waals surface area contributed by atoms with Crippen molar-refractivity contribution in [2.75, 3.05) is 19.1 Å². The van der Waals surface area contributed by atoms with Crippen molar-refractivity contribution in [3.63, 3.8) is 0 Å². The molecule has 0 bridgehead atoms. The van der Waals surface area contributed by atoms with Gasteiger partial charge in [0, 0.05) is 0 Å². The van der Waals surface area contributed by atoms with Gasteiger partial charge in [-0.1, -0.05) is 0 Å². The smallest absolute Gasteiger partial charge is 0.355 e. The number of carbonyl (C=O) groups excluding carboxylic acids is 4. The lowest BCUT2D eigenvalue weighted by molar-refractivity contribution is -0.133. The van der Waals surface area contributed by atoms with E-state index in [4.69, 9.17) is 0 Å². The van der Waals surface area contributed by atoms with Crippen LogP contribution in [0.15, 0.2) is 29.4 Å².